The minimum absolute atomic E-state index is 0.108. The standard InChI is InChI=1S/C8H17NO/c1-7(10)6-8-2-4-9-5-3-8/h7-10H,2-6H2,1H3/t7-/m0/s1. The Balaban J connectivity index is 2.13. The first-order valence-electron chi connectivity index (χ1n) is 4.18. The monoisotopic (exact) mass is 143 g/mol. The summed E-state index contributed by atoms with van der Waals surface area (Å²) >= 11 is 0. The molecule has 0 aromatic heterocycles. The summed E-state index contributed by atoms with van der Waals surface area (Å²) in [6, 6.07) is 0. The van der Waals surface area contributed by atoms with Gasteiger partial charge in [0.25, 0.3) is 0 Å². The zero-order valence-electron chi connectivity index (χ0n) is 6.64. The van der Waals surface area contributed by atoms with Crippen molar-refractivity contribution in [2.24, 2.45) is 5.92 Å². The molecule has 0 aromatic rings. The Hall–Kier alpha value is -0.0800. The second-order valence-electron chi connectivity index (χ2n) is 3.28. The molecule has 2 heteroatoms. The first kappa shape index (κ1) is 8.02. The van der Waals surface area contributed by atoms with Gasteiger partial charge in [0.2, 0.25) is 0 Å². The summed E-state index contributed by atoms with van der Waals surface area (Å²) in [5, 5.41) is 12.4. The quantitative estimate of drug-likeness (QED) is 0.598. The van der Waals surface area contributed by atoms with E-state index in [0.717, 1.165) is 25.4 Å². The van der Waals surface area contributed by atoms with Crippen LogP contribution in [-0.4, -0.2) is 24.3 Å². The van der Waals surface area contributed by atoms with Crippen LogP contribution >= 0.6 is 0 Å². The molecule has 1 atom stereocenters. The normalized spacial score (nSPS) is 24.6. The SMILES string of the molecule is C[C@H](O)CC1CCNCC1. The Bertz CT molecular complexity index is 87.3. The Morgan fingerprint density at radius 3 is 2.60 bits per heavy atom. The Morgan fingerprint density at radius 1 is 1.50 bits per heavy atom. The van der Waals surface area contributed by atoms with Crippen LogP contribution in [0.5, 0.6) is 0 Å². The number of hydrogen-bond acceptors (Lipinski definition) is 2. The molecule has 0 spiro atoms. The van der Waals surface area contributed by atoms with Gasteiger partial charge in [-0.3, -0.25) is 0 Å². The fourth-order valence-corrected chi connectivity index (χ4v) is 1.60. The number of hydrogen-bond donors (Lipinski definition) is 2. The number of piperidine rings is 1. The second kappa shape index (κ2) is 3.94. The minimum atomic E-state index is -0.108. The summed E-state index contributed by atoms with van der Waals surface area (Å²) in [5.74, 6) is 0.765. The highest BCUT2D eigenvalue weighted by atomic mass is 16.3. The first-order valence-corrected chi connectivity index (χ1v) is 4.18. The van der Waals surface area contributed by atoms with Crippen molar-refractivity contribution in [3.63, 3.8) is 0 Å². The molecular formula is C8H17NO. The van der Waals surface area contributed by atoms with E-state index in [9.17, 15) is 0 Å². The lowest BCUT2D eigenvalue weighted by atomic mass is 9.93. The van der Waals surface area contributed by atoms with Gasteiger partial charge in [0.1, 0.15) is 0 Å². The third-order valence-corrected chi connectivity index (χ3v) is 2.13. The van der Waals surface area contributed by atoms with Gasteiger partial charge in [-0.15, -0.1) is 0 Å². The van der Waals surface area contributed by atoms with Crippen molar-refractivity contribution in [1.82, 2.24) is 5.32 Å². The highest BCUT2D eigenvalue weighted by Crippen LogP contribution is 2.17. The molecule has 1 aliphatic heterocycles. The van der Waals surface area contributed by atoms with Crippen molar-refractivity contribution in [3.8, 4) is 0 Å². The van der Waals surface area contributed by atoms with Crippen molar-refractivity contribution in [2.45, 2.75) is 32.3 Å². The predicted octanol–water partition coefficient (Wildman–Crippen LogP) is 0.757. The van der Waals surface area contributed by atoms with Gasteiger partial charge in [-0.25, -0.2) is 0 Å². The van der Waals surface area contributed by atoms with Gasteiger partial charge >= 0.3 is 0 Å². The summed E-state index contributed by atoms with van der Waals surface area (Å²) in [5.41, 5.74) is 0. The van der Waals surface area contributed by atoms with E-state index in [1.807, 2.05) is 6.92 Å². The van der Waals surface area contributed by atoms with E-state index in [1.54, 1.807) is 0 Å². The zero-order valence-corrected chi connectivity index (χ0v) is 6.64. The molecule has 0 saturated carbocycles. The molecule has 0 radical (unpaired) electrons. The largest absolute Gasteiger partial charge is 0.393 e. The van der Waals surface area contributed by atoms with Gasteiger partial charge in [-0.1, -0.05) is 0 Å². The van der Waals surface area contributed by atoms with Crippen LogP contribution in [0.2, 0.25) is 0 Å². The topological polar surface area (TPSA) is 32.3 Å². The molecule has 1 rings (SSSR count). The molecule has 60 valence electrons. The van der Waals surface area contributed by atoms with Gasteiger partial charge in [0.15, 0.2) is 0 Å². The summed E-state index contributed by atoms with van der Waals surface area (Å²) in [6.45, 7) is 4.15. The van der Waals surface area contributed by atoms with E-state index in [4.69, 9.17) is 5.11 Å². The fourth-order valence-electron chi connectivity index (χ4n) is 1.60. The van der Waals surface area contributed by atoms with E-state index in [1.165, 1.54) is 12.8 Å². The van der Waals surface area contributed by atoms with E-state index in [0.29, 0.717) is 0 Å². The van der Waals surface area contributed by atoms with Gasteiger partial charge in [-0.2, -0.15) is 0 Å². The van der Waals surface area contributed by atoms with Crippen LogP contribution in [0.15, 0.2) is 0 Å². The maximum atomic E-state index is 9.08. The highest BCUT2D eigenvalue weighted by molar-refractivity contribution is 4.69. The third kappa shape index (κ3) is 2.67. The number of nitrogens with one attached hydrogen (secondary N) is 1. The summed E-state index contributed by atoms with van der Waals surface area (Å²) in [4.78, 5) is 0. The molecule has 0 amide bonds. The average molecular weight is 143 g/mol. The van der Waals surface area contributed by atoms with Crippen LogP contribution < -0.4 is 5.32 Å². The van der Waals surface area contributed by atoms with E-state index in [2.05, 4.69) is 5.32 Å². The van der Waals surface area contributed by atoms with E-state index in [-0.39, 0.29) is 6.10 Å². The Morgan fingerprint density at radius 2 is 2.10 bits per heavy atom. The average Bonchev–Trinajstić information content (AvgIpc) is 1.88. The molecular weight excluding hydrogens is 126 g/mol. The summed E-state index contributed by atoms with van der Waals surface area (Å²) in [6.07, 6.45) is 3.36. The number of rotatable bonds is 2. The lowest BCUT2D eigenvalue weighted by Gasteiger charge is -2.23. The first-order chi connectivity index (χ1) is 4.79. The van der Waals surface area contributed by atoms with Crippen LogP contribution in [0.4, 0.5) is 0 Å². The van der Waals surface area contributed by atoms with Crippen molar-refractivity contribution in [3.05, 3.63) is 0 Å². The molecule has 2 nitrogen and oxygen atoms in total. The van der Waals surface area contributed by atoms with Crippen LogP contribution in [0, 0.1) is 5.92 Å². The van der Waals surface area contributed by atoms with Crippen molar-refractivity contribution < 1.29 is 5.11 Å². The third-order valence-electron chi connectivity index (χ3n) is 2.13. The summed E-state index contributed by atoms with van der Waals surface area (Å²) < 4.78 is 0. The van der Waals surface area contributed by atoms with Crippen molar-refractivity contribution in [2.75, 3.05) is 13.1 Å². The second-order valence-corrected chi connectivity index (χ2v) is 3.28. The van der Waals surface area contributed by atoms with E-state index >= 15 is 0 Å². The maximum Gasteiger partial charge on any atom is 0.0514 e. The lowest BCUT2D eigenvalue weighted by molar-refractivity contribution is 0.149. The minimum Gasteiger partial charge on any atom is -0.393 e. The van der Waals surface area contributed by atoms with Crippen LogP contribution in [0.25, 0.3) is 0 Å². The zero-order chi connectivity index (χ0) is 7.40. The molecule has 0 aliphatic carbocycles. The van der Waals surface area contributed by atoms with Crippen LogP contribution in [-0.2, 0) is 0 Å². The van der Waals surface area contributed by atoms with Gasteiger partial charge in [0.05, 0.1) is 6.10 Å². The fraction of sp³-hybridized carbons (Fsp3) is 1.00. The molecule has 1 heterocycles. The highest BCUT2D eigenvalue weighted by Gasteiger charge is 2.14. The van der Waals surface area contributed by atoms with Crippen molar-refractivity contribution in [1.29, 1.82) is 0 Å². The molecule has 10 heavy (non-hydrogen) atoms. The smallest absolute Gasteiger partial charge is 0.0514 e. The molecule has 0 unspecified atom stereocenters. The van der Waals surface area contributed by atoms with Crippen LogP contribution in [0.1, 0.15) is 26.2 Å². The number of aliphatic hydroxyl groups excluding tert-OH is 1. The summed E-state index contributed by atoms with van der Waals surface area (Å²) in [7, 11) is 0. The van der Waals surface area contributed by atoms with Gasteiger partial charge in [0, 0.05) is 0 Å². The van der Waals surface area contributed by atoms with Crippen molar-refractivity contribution >= 4 is 0 Å². The number of aliphatic hydroxyl groups is 1. The molecule has 1 fully saturated rings. The molecule has 1 saturated heterocycles. The molecule has 1 aliphatic rings. The van der Waals surface area contributed by atoms with E-state index < -0.39 is 0 Å². The Labute approximate surface area is 62.6 Å². The predicted molar refractivity (Wildman–Crippen MR) is 41.9 cm³/mol. The Kier molecular flexibility index (Phi) is 3.16. The molecule has 0 bridgehead atoms. The van der Waals surface area contributed by atoms with Crippen LogP contribution in [0.3, 0.4) is 0 Å². The maximum absolute atomic E-state index is 9.08. The molecule has 0 aromatic carbocycles. The van der Waals surface area contributed by atoms with Gasteiger partial charge in [-0.05, 0) is 45.2 Å². The lowest BCUT2D eigenvalue weighted by Crippen LogP contribution is -2.29. The molecule has 2 N–H and O–H groups in total. The van der Waals surface area contributed by atoms with Gasteiger partial charge < -0.3 is 10.4 Å².